The molecule has 0 aliphatic carbocycles. The fraction of sp³-hybridized carbons (Fsp3) is 0.800. The number of amides is 1. The molecule has 0 bridgehead atoms. The molecule has 0 aromatic rings. The van der Waals surface area contributed by atoms with E-state index in [4.69, 9.17) is 10.00 Å². The summed E-state index contributed by atoms with van der Waals surface area (Å²) in [5.41, 5.74) is 0. The summed E-state index contributed by atoms with van der Waals surface area (Å²) in [6.45, 7) is 3.20. The first-order valence-electron chi connectivity index (χ1n) is 5.06. The molecule has 1 amide bonds. The Balaban J connectivity index is 2.47. The maximum atomic E-state index is 11.6. The van der Waals surface area contributed by atoms with Gasteiger partial charge in [0.1, 0.15) is 12.6 Å². The normalized spacial score (nSPS) is 21.7. The number of carbonyl (C=O) groups excluding carboxylic acids is 1. The summed E-state index contributed by atoms with van der Waals surface area (Å²) in [4.78, 5) is 13.2. The zero-order valence-electron chi connectivity index (χ0n) is 8.53. The first-order valence-corrected chi connectivity index (χ1v) is 5.06. The van der Waals surface area contributed by atoms with Crippen molar-refractivity contribution in [3.63, 3.8) is 0 Å². The van der Waals surface area contributed by atoms with Gasteiger partial charge in [0.25, 0.3) is 0 Å². The Morgan fingerprint density at radius 2 is 2.43 bits per heavy atom. The van der Waals surface area contributed by atoms with E-state index in [-0.39, 0.29) is 18.6 Å². The standard InChI is InChI=1S/C10H16N2O2/c1-2-14-8-10(13)12-6-4-3-5-9(12)7-11/h9H,2-6,8H2,1H3. The summed E-state index contributed by atoms with van der Waals surface area (Å²) >= 11 is 0. The summed E-state index contributed by atoms with van der Waals surface area (Å²) in [7, 11) is 0. The van der Waals surface area contributed by atoms with Crippen LogP contribution in [0.1, 0.15) is 26.2 Å². The number of hydrogen-bond donors (Lipinski definition) is 0. The highest BCUT2D eigenvalue weighted by molar-refractivity contribution is 5.78. The maximum absolute atomic E-state index is 11.6. The minimum atomic E-state index is -0.239. The molecule has 0 N–H and O–H groups in total. The van der Waals surface area contributed by atoms with Gasteiger partial charge >= 0.3 is 0 Å². The topological polar surface area (TPSA) is 53.3 Å². The molecule has 0 radical (unpaired) electrons. The molecule has 1 atom stereocenters. The highest BCUT2D eigenvalue weighted by Gasteiger charge is 2.25. The van der Waals surface area contributed by atoms with Gasteiger partial charge in [0.05, 0.1) is 6.07 Å². The average Bonchev–Trinajstić information content (AvgIpc) is 2.25. The molecule has 0 aromatic heterocycles. The Morgan fingerprint density at radius 1 is 1.64 bits per heavy atom. The molecule has 1 fully saturated rings. The number of nitrogens with zero attached hydrogens (tertiary/aromatic N) is 2. The second-order valence-corrected chi connectivity index (χ2v) is 3.36. The van der Waals surface area contributed by atoms with Crippen LogP contribution in [-0.2, 0) is 9.53 Å². The summed E-state index contributed by atoms with van der Waals surface area (Å²) in [6, 6.07) is 1.92. The van der Waals surface area contributed by atoms with Crippen LogP contribution in [0.25, 0.3) is 0 Å². The Labute approximate surface area is 84.4 Å². The van der Waals surface area contributed by atoms with Crippen LogP contribution in [-0.4, -0.2) is 36.6 Å². The number of hydrogen-bond acceptors (Lipinski definition) is 3. The lowest BCUT2D eigenvalue weighted by atomic mass is 10.0. The van der Waals surface area contributed by atoms with Crippen LogP contribution in [0.15, 0.2) is 0 Å². The maximum Gasteiger partial charge on any atom is 0.249 e. The monoisotopic (exact) mass is 196 g/mol. The van der Waals surface area contributed by atoms with Crippen molar-refractivity contribution in [2.45, 2.75) is 32.2 Å². The van der Waals surface area contributed by atoms with Crippen molar-refractivity contribution in [1.82, 2.24) is 4.90 Å². The van der Waals surface area contributed by atoms with Crippen molar-refractivity contribution in [2.24, 2.45) is 0 Å². The van der Waals surface area contributed by atoms with Gasteiger partial charge in [0.15, 0.2) is 0 Å². The summed E-state index contributed by atoms with van der Waals surface area (Å²) in [5.74, 6) is -0.0573. The van der Waals surface area contributed by atoms with Gasteiger partial charge < -0.3 is 9.64 Å². The van der Waals surface area contributed by atoms with Gasteiger partial charge in [-0.05, 0) is 26.2 Å². The van der Waals surface area contributed by atoms with E-state index in [2.05, 4.69) is 6.07 Å². The summed E-state index contributed by atoms with van der Waals surface area (Å²) in [5, 5.41) is 8.85. The minimum Gasteiger partial charge on any atom is -0.372 e. The summed E-state index contributed by atoms with van der Waals surface area (Å²) in [6.07, 6.45) is 2.83. The first-order chi connectivity index (χ1) is 6.79. The first kappa shape index (κ1) is 11.0. The third-order valence-electron chi connectivity index (χ3n) is 2.40. The third kappa shape index (κ3) is 2.71. The van der Waals surface area contributed by atoms with Crippen LogP contribution in [0.3, 0.4) is 0 Å². The van der Waals surface area contributed by atoms with Crippen LogP contribution >= 0.6 is 0 Å². The average molecular weight is 196 g/mol. The molecular formula is C10H16N2O2. The zero-order valence-corrected chi connectivity index (χ0v) is 8.53. The molecule has 4 nitrogen and oxygen atoms in total. The molecule has 1 rings (SSSR count). The molecule has 14 heavy (non-hydrogen) atoms. The number of rotatable bonds is 3. The number of ether oxygens (including phenoxy) is 1. The number of carbonyl (C=O) groups is 1. The van der Waals surface area contributed by atoms with E-state index in [1.165, 1.54) is 0 Å². The van der Waals surface area contributed by atoms with Crippen molar-refractivity contribution in [2.75, 3.05) is 19.8 Å². The highest BCUT2D eigenvalue weighted by Crippen LogP contribution is 2.16. The lowest BCUT2D eigenvalue weighted by Crippen LogP contribution is -2.44. The Hall–Kier alpha value is -1.08. The zero-order chi connectivity index (χ0) is 10.4. The van der Waals surface area contributed by atoms with Gasteiger partial charge in [-0.3, -0.25) is 4.79 Å². The Morgan fingerprint density at radius 3 is 3.07 bits per heavy atom. The fourth-order valence-electron chi connectivity index (χ4n) is 1.64. The molecule has 1 unspecified atom stereocenters. The largest absolute Gasteiger partial charge is 0.372 e. The Bertz CT molecular complexity index is 235. The van der Waals surface area contributed by atoms with Crippen LogP contribution in [0, 0.1) is 11.3 Å². The van der Waals surface area contributed by atoms with E-state index in [0.717, 1.165) is 19.3 Å². The molecule has 0 saturated carbocycles. The van der Waals surface area contributed by atoms with Gasteiger partial charge in [-0.2, -0.15) is 5.26 Å². The molecule has 1 aliphatic rings. The predicted molar refractivity (Wildman–Crippen MR) is 51.5 cm³/mol. The molecule has 78 valence electrons. The molecule has 0 aromatic carbocycles. The van der Waals surface area contributed by atoms with Gasteiger partial charge in [0.2, 0.25) is 5.91 Å². The molecule has 1 aliphatic heterocycles. The third-order valence-corrected chi connectivity index (χ3v) is 2.40. The minimum absolute atomic E-state index is 0.0573. The lowest BCUT2D eigenvalue weighted by molar-refractivity contribution is -0.138. The van der Waals surface area contributed by atoms with Crippen LogP contribution in [0.5, 0.6) is 0 Å². The molecule has 1 saturated heterocycles. The smallest absolute Gasteiger partial charge is 0.249 e. The van der Waals surface area contributed by atoms with Gasteiger partial charge in [0, 0.05) is 13.2 Å². The van der Waals surface area contributed by atoms with Crippen LogP contribution < -0.4 is 0 Å². The van der Waals surface area contributed by atoms with Gasteiger partial charge in [-0.1, -0.05) is 0 Å². The molecule has 0 spiro atoms. The van der Waals surface area contributed by atoms with E-state index < -0.39 is 0 Å². The predicted octanol–water partition coefficient (Wildman–Crippen LogP) is 0.928. The molecular weight excluding hydrogens is 180 g/mol. The van der Waals surface area contributed by atoms with E-state index in [1.807, 2.05) is 6.92 Å². The Kier molecular flexibility index (Phi) is 4.41. The van der Waals surface area contributed by atoms with Gasteiger partial charge in [-0.15, -0.1) is 0 Å². The van der Waals surface area contributed by atoms with Crippen molar-refractivity contribution in [1.29, 1.82) is 5.26 Å². The number of likely N-dealkylation sites (tertiary alicyclic amines) is 1. The van der Waals surface area contributed by atoms with Gasteiger partial charge in [-0.25, -0.2) is 0 Å². The lowest BCUT2D eigenvalue weighted by Gasteiger charge is -2.31. The van der Waals surface area contributed by atoms with Crippen molar-refractivity contribution < 1.29 is 9.53 Å². The number of nitriles is 1. The SMILES string of the molecule is CCOCC(=O)N1CCCCC1C#N. The molecule has 1 heterocycles. The van der Waals surface area contributed by atoms with E-state index >= 15 is 0 Å². The van der Waals surface area contributed by atoms with Crippen LogP contribution in [0.2, 0.25) is 0 Å². The number of piperidine rings is 1. The fourth-order valence-corrected chi connectivity index (χ4v) is 1.64. The van der Waals surface area contributed by atoms with Crippen LogP contribution in [0.4, 0.5) is 0 Å². The summed E-state index contributed by atoms with van der Waals surface area (Å²) < 4.78 is 5.04. The molecule has 4 heteroatoms. The second-order valence-electron chi connectivity index (χ2n) is 3.36. The highest BCUT2D eigenvalue weighted by atomic mass is 16.5. The quantitative estimate of drug-likeness (QED) is 0.674. The van der Waals surface area contributed by atoms with Crippen molar-refractivity contribution >= 4 is 5.91 Å². The van der Waals surface area contributed by atoms with E-state index in [9.17, 15) is 4.79 Å². The van der Waals surface area contributed by atoms with E-state index in [1.54, 1.807) is 4.90 Å². The van der Waals surface area contributed by atoms with E-state index in [0.29, 0.717) is 13.2 Å². The van der Waals surface area contributed by atoms with Crippen molar-refractivity contribution in [3.8, 4) is 6.07 Å². The second kappa shape index (κ2) is 5.61. The van der Waals surface area contributed by atoms with Crippen molar-refractivity contribution in [3.05, 3.63) is 0 Å².